The lowest BCUT2D eigenvalue weighted by atomic mass is 10.0. The Morgan fingerprint density at radius 3 is 2.48 bits per heavy atom. The maximum atomic E-state index is 12.7. The Hall–Kier alpha value is -2.57. The highest BCUT2D eigenvalue weighted by Gasteiger charge is 2.39. The van der Waals surface area contributed by atoms with E-state index in [2.05, 4.69) is 10.6 Å². The molecule has 12 heteroatoms. The molecule has 1 atom stereocenters. The number of carbonyl (C=O) groups excluding carboxylic acids is 4. The van der Waals surface area contributed by atoms with Crippen molar-refractivity contribution >= 4 is 41.7 Å². The molecule has 1 fully saturated rings. The van der Waals surface area contributed by atoms with Crippen LogP contribution in [0.3, 0.4) is 0 Å². The normalized spacial score (nSPS) is 17.4. The van der Waals surface area contributed by atoms with Crippen LogP contribution in [0.15, 0.2) is 18.2 Å². The molecule has 11 nitrogen and oxygen atoms in total. The minimum Gasteiger partial charge on any atom is -0.378 e. The summed E-state index contributed by atoms with van der Waals surface area (Å²) >= 11 is 0. The van der Waals surface area contributed by atoms with Crippen LogP contribution in [0.2, 0.25) is 0 Å². The number of nitrogens with one attached hydrogen (secondary N) is 2. The number of imide groups is 1. The molecule has 1 aromatic carbocycles. The van der Waals surface area contributed by atoms with E-state index in [0.717, 1.165) is 0 Å². The first kappa shape index (κ1) is 26.7. The van der Waals surface area contributed by atoms with E-state index < -0.39 is 11.9 Å². The van der Waals surface area contributed by atoms with Gasteiger partial charge in [-0.15, -0.1) is 12.4 Å². The molecule has 0 spiro atoms. The van der Waals surface area contributed by atoms with Gasteiger partial charge in [0.05, 0.1) is 33.0 Å². The van der Waals surface area contributed by atoms with E-state index in [1.807, 2.05) is 0 Å². The second-order valence-corrected chi connectivity index (χ2v) is 7.39. The Labute approximate surface area is 197 Å². The average molecular weight is 485 g/mol. The van der Waals surface area contributed by atoms with E-state index in [9.17, 15) is 19.2 Å². The number of amides is 4. The lowest BCUT2D eigenvalue weighted by Crippen LogP contribution is -2.52. The molecule has 4 N–H and O–H groups in total. The second kappa shape index (κ2) is 13.2. The Morgan fingerprint density at radius 2 is 1.79 bits per heavy atom. The fourth-order valence-electron chi connectivity index (χ4n) is 3.54. The van der Waals surface area contributed by atoms with Crippen molar-refractivity contribution in [3.8, 4) is 0 Å². The third kappa shape index (κ3) is 7.47. The van der Waals surface area contributed by atoms with Gasteiger partial charge in [-0.05, 0) is 30.2 Å². The van der Waals surface area contributed by atoms with Crippen LogP contribution >= 0.6 is 12.4 Å². The molecule has 2 aliphatic rings. The number of ether oxygens (including phenoxy) is 3. The fourth-order valence-corrected chi connectivity index (χ4v) is 3.54. The predicted octanol–water partition coefficient (Wildman–Crippen LogP) is -0.184. The smallest absolute Gasteiger partial charge is 0.255 e. The van der Waals surface area contributed by atoms with Gasteiger partial charge < -0.3 is 30.2 Å². The second-order valence-electron chi connectivity index (χ2n) is 7.39. The minimum atomic E-state index is -0.673. The molecule has 4 amide bonds. The van der Waals surface area contributed by atoms with Gasteiger partial charge in [-0.1, -0.05) is 0 Å². The fraction of sp³-hybridized carbons (Fsp3) is 0.524. The number of hydrogen-bond acceptors (Lipinski definition) is 8. The minimum absolute atomic E-state index is 0. The molecule has 1 unspecified atom stereocenters. The molecule has 3 rings (SSSR count). The topological polar surface area (TPSA) is 149 Å². The summed E-state index contributed by atoms with van der Waals surface area (Å²) in [6.07, 6.45) is 0.501. The van der Waals surface area contributed by atoms with Gasteiger partial charge in [0.15, 0.2) is 0 Å². The van der Waals surface area contributed by atoms with Crippen molar-refractivity contribution < 1.29 is 33.4 Å². The summed E-state index contributed by atoms with van der Waals surface area (Å²) < 4.78 is 15.8. The number of carbonyl (C=O) groups is 4. The van der Waals surface area contributed by atoms with Crippen molar-refractivity contribution in [3.63, 3.8) is 0 Å². The van der Waals surface area contributed by atoms with Gasteiger partial charge in [-0.3, -0.25) is 24.5 Å². The Balaban J connectivity index is 0.00000385. The van der Waals surface area contributed by atoms with Gasteiger partial charge in [0.25, 0.3) is 5.91 Å². The monoisotopic (exact) mass is 484 g/mol. The zero-order valence-corrected chi connectivity index (χ0v) is 19.0. The van der Waals surface area contributed by atoms with Crippen LogP contribution < -0.4 is 16.4 Å². The highest BCUT2D eigenvalue weighted by atomic mass is 35.5. The number of rotatable bonds is 12. The van der Waals surface area contributed by atoms with E-state index in [-0.39, 0.29) is 56.3 Å². The summed E-state index contributed by atoms with van der Waals surface area (Å²) in [5.74, 6) is -1.38. The molecular formula is C21H29ClN4O7. The number of nitrogens with two attached hydrogens (primary N) is 1. The van der Waals surface area contributed by atoms with Crippen LogP contribution in [0.4, 0.5) is 5.69 Å². The third-order valence-electron chi connectivity index (χ3n) is 5.05. The molecule has 0 saturated carbocycles. The summed E-state index contributed by atoms with van der Waals surface area (Å²) in [6, 6.07) is 4.29. The van der Waals surface area contributed by atoms with Crippen LogP contribution in [-0.2, 0) is 35.1 Å². The average Bonchev–Trinajstić information content (AvgIpc) is 3.08. The summed E-state index contributed by atoms with van der Waals surface area (Å²) in [5.41, 5.74) is 7.03. The molecule has 0 bridgehead atoms. The maximum absolute atomic E-state index is 12.7. The van der Waals surface area contributed by atoms with E-state index in [1.165, 1.54) is 4.90 Å². The highest BCUT2D eigenvalue weighted by molar-refractivity contribution is 6.05. The van der Waals surface area contributed by atoms with Crippen LogP contribution in [0, 0.1) is 0 Å². The highest BCUT2D eigenvalue weighted by Crippen LogP contribution is 2.29. The summed E-state index contributed by atoms with van der Waals surface area (Å²) in [4.78, 5) is 49.7. The first-order chi connectivity index (χ1) is 15.5. The van der Waals surface area contributed by atoms with E-state index >= 15 is 0 Å². The number of nitrogens with zero attached hydrogens (tertiary/aromatic N) is 1. The van der Waals surface area contributed by atoms with Crippen LogP contribution in [-0.4, -0.2) is 80.8 Å². The number of halogens is 1. The molecule has 182 valence electrons. The van der Waals surface area contributed by atoms with Crippen molar-refractivity contribution in [2.45, 2.75) is 25.4 Å². The largest absolute Gasteiger partial charge is 0.378 e. The first-order valence-corrected chi connectivity index (χ1v) is 10.5. The van der Waals surface area contributed by atoms with Crippen molar-refractivity contribution in [3.05, 3.63) is 29.3 Å². The van der Waals surface area contributed by atoms with Crippen molar-refractivity contribution in [2.75, 3.05) is 51.5 Å². The zero-order chi connectivity index (χ0) is 22.9. The van der Waals surface area contributed by atoms with E-state index in [0.29, 0.717) is 56.2 Å². The molecular weight excluding hydrogens is 456 g/mol. The van der Waals surface area contributed by atoms with Gasteiger partial charge in [0.1, 0.15) is 12.6 Å². The van der Waals surface area contributed by atoms with Gasteiger partial charge in [0, 0.05) is 30.8 Å². The number of hydrogen-bond donors (Lipinski definition) is 3. The molecule has 2 heterocycles. The van der Waals surface area contributed by atoms with Crippen molar-refractivity contribution in [1.29, 1.82) is 0 Å². The summed E-state index contributed by atoms with van der Waals surface area (Å²) in [5, 5.41) is 5.00. The number of fused-ring (bicyclic) bond motifs is 1. The molecule has 2 aliphatic heterocycles. The Bertz CT molecular complexity index is 867. The molecule has 0 aliphatic carbocycles. The summed E-state index contributed by atoms with van der Waals surface area (Å²) in [6.45, 7) is 2.57. The standard InChI is InChI=1S/C21H28N4O7.ClH/c22-5-6-30-7-8-31-9-10-32-13-19(27)23-15-1-2-16-14(11-15)12-25(21(16)29)17-3-4-18(26)24-20(17)28;/h1-2,11,17H,3-10,12-13,22H2,(H,23,27)(H,24,26,28);1H. The lowest BCUT2D eigenvalue weighted by molar-refractivity contribution is -0.137. The summed E-state index contributed by atoms with van der Waals surface area (Å²) in [7, 11) is 0. The number of benzene rings is 1. The van der Waals surface area contributed by atoms with Crippen LogP contribution in [0.1, 0.15) is 28.8 Å². The van der Waals surface area contributed by atoms with Gasteiger partial charge in [0.2, 0.25) is 17.7 Å². The van der Waals surface area contributed by atoms with Crippen LogP contribution in [0.5, 0.6) is 0 Å². The maximum Gasteiger partial charge on any atom is 0.255 e. The molecule has 0 radical (unpaired) electrons. The van der Waals surface area contributed by atoms with E-state index in [4.69, 9.17) is 19.9 Å². The van der Waals surface area contributed by atoms with Gasteiger partial charge in [-0.2, -0.15) is 0 Å². The van der Waals surface area contributed by atoms with Crippen molar-refractivity contribution in [2.24, 2.45) is 5.73 Å². The molecule has 33 heavy (non-hydrogen) atoms. The third-order valence-corrected chi connectivity index (χ3v) is 5.05. The van der Waals surface area contributed by atoms with Gasteiger partial charge in [-0.25, -0.2) is 0 Å². The van der Waals surface area contributed by atoms with Gasteiger partial charge >= 0.3 is 0 Å². The van der Waals surface area contributed by atoms with Crippen molar-refractivity contribution in [1.82, 2.24) is 10.2 Å². The predicted molar refractivity (Wildman–Crippen MR) is 120 cm³/mol. The zero-order valence-electron chi connectivity index (χ0n) is 18.2. The lowest BCUT2D eigenvalue weighted by Gasteiger charge is -2.29. The SMILES string of the molecule is Cl.NCCOCCOCCOCC(=O)Nc1ccc2c(c1)CN(C1CCC(=O)NC1=O)C2=O. The quantitative estimate of drug-likeness (QED) is 0.273. The molecule has 0 aromatic heterocycles. The molecule has 1 saturated heterocycles. The Morgan fingerprint density at radius 1 is 1.09 bits per heavy atom. The Kier molecular flexibility index (Phi) is 10.7. The first-order valence-electron chi connectivity index (χ1n) is 10.5. The number of piperidine rings is 1. The number of anilines is 1. The molecule has 1 aromatic rings. The van der Waals surface area contributed by atoms with E-state index in [1.54, 1.807) is 18.2 Å². The van der Waals surface area contributed by atoms with Crippen LogP contribution in [0.25, 0.3) is 0 Å².